The highest BCUT2D eigenvalue weighted by atomic mass is 32.2. The lowest BCUT2D eigenvalue weighted by Crippen LogP contribution is -2.22. The summed E-state index contributed by atoms with van der Waals surface area (Å²) < 4.78 is 30.7. The standard InChI is InChI=1S/C20H20N2O6S/c1-29(26,27)18-6-3-2-5-17(18)28-12-4-10-22-11-9-14-7-8-15(19(23)21-25)13-16(14)20(22)24/h2-3,5-9,11,13,25H,4,10,12H2,1H3,(H,21,23). The smallest absolute Gasteiger partial charge is 0.274 e. The van der Waals surface area contributed by atoms with Gasteiger partial charge >= 0.3 is 0 Å². The molecule has 0 unspecified atom stereocenters. The van der Waals surface area contributed by atoms with Gasteiger partial charge in [0.25, 0.3) is 11.5 Å². The van der Waals surface area contributed by atoms with Gasteiger partial charge in [0.1, 0.15) is 10.6 Å². The highest BCUT2D eigenvalue weighted by molar-refractivity contribution is 7.90. The second-order valence-electron chi connectivity index (χ2n) is 6.48. The molecular formula is C20H20N2O6S. The number of para-hydroxylation sites is 1. The molecule has 0 saturated heterocycles. The van der Waals surface area contributed by atoms with Crippen molar-refractivity contribution in [2.75, 3.05) is 12.9 Å². The van der Waals surface area contributed by atoms with E-state index in [1.54, 1.807) is 42.0 Å². The van der Waals surface area contributed by atoms with Crippen LogP contribution < -0.4 is 15.8 Å². The molecule has 0 aliphatic rings. The van der Waals surface area contributed by atoms with Crippen LogP contribution in [0.2, 0.25) is 0 Å². The van der Waals surface area contributed by atoms with E-state index in [0.29, 0.717) is 23.7 Å². The molecule has 0 bridgehead atoms. The number of amides is 1. The summed E-state index contributed by atoms with van der Waals surface area (Å²) in [5.41, 5.74) is 1.45. The third kappa shape index (κ3) is 4.64. The first kappa shape index (κ1) is 20.6. The van der Waals surface area contributed by atoms with Gasteiger partial charge in [-0.25, -0.2) is 13.9 Å². The Hall–Kier alpha value is -3.17. The molecule has 0 saturated carbocycles. The van der Waals surface area contributed by atoms with E-state index in [9.17, 15) is 18.0 Å². The summed E-state index contributed by atoms with van der Waals surface area (Å²) in [5.74, 6) is -0.417. The molecule has 0 fully saturated rings. The third-order valence-corrected chi connectivity index (χ3v) is 5.53. The maximum Gasteiger partial charge on any atom is 0.274 e. The molecule has 0 atom stereocenters. The first-order valence-electron chi connectivity index (χ1n) is 8.81. The van der Waals surface area contributed by atoms with Gasteiger partial charge in [-0.1, -0.05) is 18.2 Å². The van der Waals surface area contributed by atoms with E-state index in [0.717, 1.165) is 6.26 Å². The fourth-order valence-corrected chi connectivity index (χ4v) is 3.77. The minimum atomic E-state index is -3.40. The van der Waals surface area contributed by atoms with E-state index in [-0.39, 0.29) is 28.4 Å². The molecule has 29 heavy (non-hydrogen) atoms. The molecule has 2 N–H and O–H groups in total. The zero-order valence-corrected chi connectivity index (χ0v) is 16.5. The van der Waals surface area contributed by atoms with Crippen molar-refractivity contribution in [1.82, 2.24) is 10.0 Å². The Morgan fingerprint density at radius 2 is 1.93 bits per heavy atom. The van der Waals surface area contributed by atoms with Crippen molar-refractivity contribution < 1.29 is 23.2 Å². The lowest BCUT2D eigenvalue weighted by molar-refractivity contribution is 0.0706. The van der Waals surface area contributed by atoms with Crippen LogP contribution in [0.25, 0.3) is 10.8 Å². The number of nitrogens with one attached hydrogen (secondary N) is 1. The van der Waals surface area contributed by atoms with Crippen LogP contribution in [0, 0.1) is 0 Å². The molecule has 0 aliphatic heterocycles. The summed E-state index contributed by atoms with van der Waals surface area (Å²) >= 11 is 0. The third-order valence-electron chi connectivity index (χ3n) is 4.39. The number of hydrogen-bond acceptors (Lipinski definition) is 6. The van der Waals surface area contributed by atoms with E-state index in [2.05, 4.69) is 0 Å². The maximum absolute atomic E-state index is 12.7. The van der Waals surface area contributed by atoms with E-state index in [1.807, 2.05) is 0 Å². The van der Waals surface area contributed by atoms with E-state index in [1.165, 1.54) is 22.8 Å². The molecule has 0 radical (unpaired) electrons. The van der Waals surface area contributed by atoms with E-state index in [4.69, 9.17) is 9.94 Å². The number of fused-ring (bicyclic) bond motifs is 1. The zero-order valence-electron chi connectivity index (χ0n) is 15.7. The van der Waals surface area contributed by atoms with Crippen molar-refractivity contribution in [1.29, 1.82) is 0 Å². The predicted molar refractivity (Wildman–Crippen MR) is 107 cm³/mol. The number of ether oxygens (including phenoxy) is 1. The van der Waals surface area contributed by atoms with Crippen molar-refractivity contribution >= 4 is 26.5 Å². The monoisotopic (exact) mass is 416 g/mol. The molecule has 1 amide bonds. The minimum absolute atomic E-state index is 0.123. The van der Waals surface area contributed by atoms with Crippen LogP contribution in [0.5, 0.6) is 5.75 Å². The Bertz CT molecular complexity index is 1220. The van der Waals surface area contributed by atoms with Crippen LogP contribution in [0.3, 0.4) is 0 Å². The summed E-state index contributed by atoms with van der Waals surface area (Å²) in [6, 6.07) is 12.7. The molecule has 1 heterocycles. The molecule has 9 heteroatoms. The zero-order chi connectivity index (χ0) is 21.0. The molecular weight excluding hydrogens is 396 g/mol. The fourth-order valence-electron chi connectivity index (χ4n) is 2.95. The summed E-state index contributed by atoms with van der Waals surface area (Å²) in [6.07, 6.45) is 3.25. The molecule has 8 nitrogen and oxygen atoms in total. The van der Waals surface area contributed by atoms with Crippen molar-refractivity contribution in [3.05, 3.63) is 70.6 Å². The number of sulfone groups is 1. The van der Waals surface area contributed by atoms with E-state index >= 15 is 0 Å². The molecule has 0 spiro atoms. The van der Waals surface area contributed by atoms with Gasteiger partial charge < -0.3 is 9.30 Å². The van der Waals surface area contributed by atoms with Gasteiger partial charge in [-0.3, -0.25) is 14.8 Å². The summed E-state index contributed by atoms with van der Waals surface area (Å²) in [5, 5.41) is 9.79. The number of hydroxylamine groups is 1. The normalized spacial score (nSPS) is 11.4. The summed E-state index contributed by atoms with van der Waals surface area (Å²) in [7, 11) is -3.40. The number of hydrogen-bond donors (Lipinski definition) is 2. The number of carbonyl (C=O) groups is 1. The first-order valence-corrected chi connectivity index (χ1v) is 10.7. The van der Waals surface area contributed by atoms with Crippen LogP contribution >= 0.6 is 0 Å². The number of aromatic nitrogens is 1. The van der Waals surface area contributed by atoms with Gasteiger partial charge in [-0.15, -0.1) is 0 Å². The van der Waals surface area contributed by atoms with Crippen LogP contribution in [-0.4, -0.2) is 37.0 Å². The highest BCUT2D eigenvalue weighted by Crippen LogP contribution is 2.23. The van der Waals surface area contributed by atoms with Gasteiger partial charge in [0, 0.05) is 29.9 Å². The van der Waals surface area contributed by atoms with Crippen LogP contribution in [0.15, 0.2) is 64.4 Å². The Labute approximate surface area is 167 Å². The van der Waals surface area contributed by atoms with Crippen molar-refractivity contribution in [2.24, 2.45) is 0 Å². The fraction of sp³-hybridized carbons (Fsp3) is 0.200. The number of rotatable bonds is 7. The second kappa shape index (κ2) is 8.46. The molecule has 3 rings (SSSR count). The molecule has 0 aliphatic carbocycles. The van der Waals surface area contributed by atoms with Crippen LogP contribution in [0.4, 0.5) is 0 Å². The largest absolute Gasteiger partial charge is 0.492 e. The van der Waals surface area contributed by atoms with Gasteiger partial charge in [0.2, 0.25) is 0 Å². The van der Waals surface area contributed by atoms with Gasteiger partial charge in [0.15, 0.2) is 9.84 Å². The number of carbonyl (C=O) groups excluding carboxylic acids is 1. The first-order chi connectivity index (χ1) is 13.8. The number of benzene rings is 2. The number of nitrogens with zero attached hydrogens (tertiary/aromatic N) is 1. The highest BCUT2D eigenvalue weighted by Gasteiger charge is 2.13. The van der Waals surface area contributed by atoms with Crippen molar-refractivity contribution in [2.45, 2.75) is 17.9 Å². The lowest BCUT2D eigenvalue weighted by Gasteiger charge is -2.11. The molecule has 1 aromatic heterocycles. The predicted octanol–water partition coefficient (Wildman–Crippen LogP) is 1.99. The maximum atomic E-state index is 12.7. The van der Waals surface area contributed by atoms with Crippen LogP contribution in [-0.2, 0) is 16.4 Å². The number of aryl methyl sites for hydroxylation is 1. The van der Waals surface area contributed by atoms with Crippen molar-refractivity contribution in [3.63, 3.8) is 0 Å². The number of pyridine rings is 1. The Balaban J connectivity index is 1.73. The Kier molecular flexibility index (Phi) is 6.00. The minimum Gasteiger partial charge on any atom is -0.492 e. The van der Waals surface area contributed by atoms with Gasteiger partial charge in [0.05, 0.1) is 6.61 Å². The second-order valence-corrected chi connectivity index (χ2v) is 8.46. The molecule has 2 aromatic carbocycles. The summed E-state index contributed by atoms with van der Waals surface area (Å²) in [6.45, 7) is 0.580. The lowest BCUT2D eigenvalue weighted by atomic mass is 10.1. The average molecular weight is 416 g/mol. The SMILES string of the molecule is CS(=O)(=O)c1ccccc1OCCCn1ccc2ccc(C(=O)NO)cc2c1=O. The molecule has 3 aromatic rings. The van der Waals surface area contributed by atoms with E-state index < -0.39 is 15.7 Å². The van der Waals surface area contributed by atoms with Gasteiger partial charge in [-0.2, -0.15) is 0 Å². The average Bonchev–Trinajstić information content (AvgIpc) is 2.71. The Morgan fingerprint density at radius 1 is 1.17 bits per heavy atom. The quantitative estimate of drug-likeness (QED) is 0.346. The molecule has 152 valence electrons. The van der Waals surface area contributed by atoms with Crippen molar-refractivity contribution in [3.8, 4) is 5.75 Å². The Morgan fingerprint density at radius 3 is 2.66 bits per heavy atom. The van der Waals surface area contributed by atoms with Gasteiger partial charge in [-0.05, 0) is 42.1 Å². The summed E-state index contributed by atoms with van der Waals surface area (Å²) in [4.78, 5) is 24.4. The van der Waals surface area contributed by atoms with Crippen LogP contribution in [0.1, 0.15) is 16.8 Å². The topological polar surface area (TPSA) is 115 Å².